The van der Waals surface area contributed by atoms with E-state index in [4.69, 9.17) is 17.3 Å². The fourth-order valence-corrected chi connectivity index (χ4v) is 2.61. The maximum Gasteiger partial charge on any atom is 0.0692 e. The molecule has 0 aliphatic rings. The number of nitrogens with two attached hydrogens (primary N) is 1. The Morgan fingerprint density at radius 3 is 2.59 bits per heavy atom. The first-order valence-electron chi connectivity index (χ1n) is 5.12. The molecule has 0 bridgehead atoms. The Morgan fingerprint density at radius 1 is 1.12 bits per heavy atom. The molecule has 0 saturated heterocycles. The lowest BCUT2D eigenvalue weighted by atomic mass is 10.2. The van der Waals surface area contributed by atoms with Crippen molar-refractivity contribution in [2.75, 3.05) is 5.73 Å². The number of anilines is 1. The molecule has 0 heterocycles. The van der Waals surface area contributed by atoms with Gasteiger partial charge in [0, 0.05) is 20.5 Å². The first-order valence-corrected chi connectivity index (χ1v) is 6.32. The molecular weight excluding hydrogens is 254 g/mol. The van der Waals surface area contributed by atoms with Crippen molar-refractivity contribution in [2.24, 2.45) is 0 Å². The third-order valence-corrected chi connectivity index (χ3v) is 3.78. The molecule has 4 heteroatoms. The van der Waals surface area contributed by atoms with E-state index in [-0.39, 0.29) is 6.61 Å². The van der Waals surface area contributed by atoms with Crippen molar-refractivity contribution in [3.05, 3.63) is 53.1 Å². The lowest BCUT2D eigenvalue weighted by Crippen LogP contribution is -1.90. The number of aliphatic hydroxyl groups excluding tert-OH is 1. The fraction of sp³-hybridized carbons (Fsp3) is 0.0769. The van der Waals surface area contributed by atoms with E-state index in [1.807, 2.05) is 36.4 Å². The van der Waals surface area contributed by atoms with E-state index in [2.05, 4.69) is 0 Å². The summed E-state index contributed by atoms with van der Waals surface area (Å²) in [4.78, 5) is 1.94. The summed E-state index contributed by atoms with van der Waals surface area (Å²) in [5.74, 6) is 0. The number of benzene rings is 2. The van der Waals surface area contributed by atoms with E-state index >= 15 is 0 Å². The summed E-state index contributed by atoms with van der Waals surface area (Å²) < 4.78 is 0. The molecule has 0 spiro atoms. The van der Waals surface area contributed by atoms with Crippen LogP contribution >= 0.6 is 23.4 Å². The Hall–Kier alpha value is -1.16. The van der Waals surface area contributed by atoms with Gasteiger partial charge in [0.1, 0.15) is 0 Å². The average molecular weight is 266 g/mol. The maximum atomic E-state index is 9.24. The second-order valence-electron chi connectivity index (χ2n) is 3.55. The van der Waals surface area contributed by atoms with Gasteiger partial charge in [0.15, 0.2) is 0 Å². The number of halogens is 1. The second kappa shape index (κ2) is 5.45. The molecule has 2 aromatic carbocycles. The van der Waals surface area contributed by atoms with Gasteiger partial charge in [-0.2, -0.15) is 0 Å². The molecule has 88 valence electrons. The number of rotatable bonds is 3. The van der Waals surface area contributed by atoms with E-state index in [1.165, 1.54) is 11.8 Å². The van der Waals surface area contributed by atoms with E-state index in [9.17, 15) is 5.11 Å². The van der Waals surface area contributed by atoms with Crippen LogP contribution in [0.5, 0.6) is 0 Å². The predicted octanol–water partition coefficient (Wildman–Crippen LogP) is 3.57. The largest absolute Gasteiger partial charge is 0.398 e. The highest BCUT2D eigenvalue weighted by molar-refractivity contribution is 7.99. The topological polar surface area (TPSA) is 46.2 Å². The van der Waals surface area contributed by atoms with Crippen molar-refractivity contribution in [3.63, 3.8) is 0 Å². The summed E-state index contributed by atoms with van der Waals surface area (Å²) in [6, 6.07) is 13.1. The standard InChI is InChI=1S/C13H12ClNOS/c14-10-5-6-13(11(15)7-10)17-12-4-2-1-3-9(12)8-16/h1-7,16H,8,15H2. The van der Waals surface area contributed by atoms with Gasteiger partial charge in [-0.1, -0.05) is 41.6 Å². The summed E-state index contributed by atoms with van der Waals surface area (Å²) in [7, 11) is 0. The third-order valence-electron chi connectivity index (χ3n) is 2.33. The number of aliphatic hydroxyl groups is 1. The lowest BCUT2D eigenvalue weighted by Gasteiger charge is -2.08. The van der Waals surface area contributed by atoms with Crippen LogP contribution in [-0.4, -0.2) is 5.11 Å². The molecule has 0 unspecified atom stereocenters. The van der Waals surface area contributed by atoms with Crippen molar-refractivity contribution >= 4 is 29.1 Å². The van der Waals surface area contributed by atoms with Crippen molar-refractivity contribution in [2.45, 2.75) is 16.4 Å². The number of nitrogen functional groups attached to an aromatic ring is 1. The van der Waals surface area contributed by atoms with Crippen LogP contribution in [-0.2, 0) is 6.61 Å². The minimum Gasteiger partial charge on any atom is -0.398 e. The predicted molar refractivity (Wildman–Crippen MR) is 72.4 cm³/mol. The number of hydrogen-bond donors (Lipinski definition) is 2. The molecule has 0 aliphatic carbocycles. The zero-order valence-electron chi connectivity index (χ0n) is 9.06. The van der Waals surface area contributed by atoms with Gasteiger partial charge in [0.25, 0.3) is 0 Å². The molecule has 0 atom stereocenters. The smallest absolute Gasteiger partial charge is 0.0692 e. The van der Waals surface area contributed by atoms with Gasteiger partial charge >= 0.3 is 0 Å². The van der Waals surface area contributed by atoms with Crippen molar-refractivity contribution < 1.29 is 5.11 Å². The third kappa shape index (κ3) is 2.94. The average Bonchev–Trinajstić information content (AvgIpc) is 2.33. The van der Waals surface area contributed by atoms with Gasteiger partial charge in [-0.3, -0.25) is 0 Å². The second-order valence-corrected chi connectivity index (χ2v) is 5.07. The Bertz CT molecular complexity index is 531. The van der Waals surface area contributed by atoms with Gasteiger partial charge in [0.2, 0.25) is 0 Å². The van der Waals surface area contributed by atoms with E-state index in [0.29, 0.717) is 10.7 Å². The van der Waals surface area contributed by atoms with Gasteiger partial charge in [-0.15, -0.1) is 0 Å². The highest BCUT2D eigenvalue weighted by Gasteiger charge is 2.06. The summed E-state index contributed by atoms with van der Waals surface area (Å²) in [6.07, 6.45) is 0. The molecule has 0 saturated carbocycles. The van der Waals surface area contributed by atoms with Gasteiger partial charge in [-0.05, 0) is 29.8 Å². The van der Waals surface area contributed by atoms with Crippen molar-refractivity contribution in [1.29, 1.82) is 0 Å². The van der Waals surface area contributed by atoms with Crippen LogP contribution in [0.15, 0.2) is 52.3 Å². The lowest BCUT2D eigenvalue weighted by molar-refractivity contribution is 0.279. The highest BCUT2D eigenvalue weighted by atomic mass is 35.5. The molecule has 17 heavy (non-hydrogen) atoms. The molecule has 0 radical (unpaired) electrons. The van der Waals surface area contributed by atoms with Crippen LogP contribution in [0.2, 0.25) is 5.02 Å². The molecule has 0 amide bonds. The first-order chi connectivity index (χ1) is 8.20. The maximum absolute atomic E-state index is 9.24. The van der Waals surface area contributed by atoms with E-state index < -0.39 is 0 Å². The monoisotopic (exact) mass is 265 g/mol. The first kappa shape index (κ1) is 12.3. The Morgan fingerprint density at radius 2 is 1.88 bits per heavy atom. The minimum absolute atomic E-state index is 0.0245. The molecule has 0 aromatic heterocycles. The fourth-order valence-electron chi connectivity index (χ4n) is 1.46. The summed E-state index contributed by atoms with van der Waals surface area (Å²) in [5.41, 5.74) is 7.44. The van der Waals surface area contributed by atoms with Gasteiger partial charge in [-0.25, -0.2) is 0 Å². The van der Waals surface area contributed by atoms with Crippen LogP contribution in [0.1, 0.15) is 5.56 Å². The van der Waals surface area contributed by atoms with Crippen LogP contribution < -0.4 is 5.73 Å². The molecular formula is C13H12ClNOS. The SMILES string of the molecule is Nc1cc(Cl)ccc1Sc1ccccc1CO. The van der Waals surface area contributed by atoms with Crippen LogP contribution in [0.4, 0.5) is 5.69 Å². The normalized spacial score (nSPS) is 10.5. The zero-order valence-corrected chi connectivity index (χ0v) is 10.6. The summed E-state index contributed by atoms with van der Waals surface area (Å²) in [5, 5.41) is 9.87. The van der Waals surface area contributed by atoms with Crippen molar-refractivity contribution in [3.8, 4) is 0 Å². The van der Waals surface area contributed by atoms with Crippen LogP contribution in [0.25, 0.3) is 0 Å². The van der Waals surface area contributed by atoms with Crippen molar-refractivity contribution in [1.82, 2.24) is 0 Å². The number of hydrogen-bond acceptors (Lipinski definition) is 3. The Kier molecular flexibility index (Phi) is 3.94. The molecule has 0 fully saturated rings. The minimum atomic E-state index is 0.0245. The van der Waals surface area contributed by atoms with Gasteiger partial charge in [0.05, 0.1) is 6.61 Å². The molecule has 3 N–H and O–H groups in total. The molecule has 2 aromatic rings. The Balaban J connectivity index is 2.31. The summed E-state index contributed by atoms with van der Waals surface area (Å²) >= 11 is 7.38. The van der Waals surface area contributed by atoms with E-state index in [1.54, 1.807) is 6.07 Å². The van der Waals surface area contributed by atoms with Gasteiger partial charge < -0.3 is 10.8 Å². The van der Waals surface area contributed by atoms with E-state index in [0.717, 1.165) is 15.4 Å². The zero-order chi connectivity index (χ0) is 12.3. The molecule has 0 aliphatic heterocycles. The highest BCUT2D eigenvalue weighted by Crippen LogP contribution is 2.35. The van der Waals surface area contributed by atoms with Crippen LogP contribution in [0, 0.1) is 0 Å². The quantitative estimate of drug-likeness (QED) is 0.834. The Labute approximate surface area is 109 Å². The molecule has 2 rings (SSSR count). The molecule has 2 nitrogen and oxygen atoms in total. The summed E-state index contributed by atoms with van der Waals surface area (Å²) in [6.45, 7) is 0.0245. The van der Waals surface area contributed by atoms with Crippen LogP contribution in [0.3, 0.4) is 0 Å².